The average Bonchev–Trinajstić information content (AvgIpc) is 2.98. The molecule has 25 heavy (non-hydrogen) atoms. The molecule has 0 aliphatic heterocycles. The van der Waals surface area contributed by atoms with E-state index < -0.39 is 0 Å². The lowest BCUT2D eigenvalue weighted by Gasteiger charge is -2.57. The second-order valence-electron chi connectivity index (χ2n) is 10.6. The van der Waals surface area contributed by atoms with E-state index in [2.05, 4.69) is 20.8 Å². The molecule has 4 rings (SSSR count). The molecular formula is C23H40O2. The minimum absolute atomic E-state index is 0.355. The first kappa shape index (κ1) is 18.3. The summed E-state index contributed by atoms with van der Waals surface area (Å²) in [4.78, 5) is 0. The predicted octanol–water partition coefficient (Wildman–Crippen LogP) is 5.02. The monoisotopic (exact) mass is 348 g/mol. The van der Waals surface area contributed by atoms with Gasteiger partial charge in [-0.25, -0.2) is 0 Å². The van der Waals surface area contributed by atoms with Crippen molar-refractivity contribution in [3.8, 4) is 0 Å². The number of fused-ring (bicyclic) bond motifs is 5. The van der Waals surface area contributed by atoms with Crippen molar-refractivity contribution >= 4 is 0 Å². The molecule has 9 atom stereocenters. The highest BCUT2D eigenvalue weighted by molar-refractivity contribution is 5.07. The van der Waals surface area contributed by atoms with Gasteiger partial charge >= 0.3 is 0 Å². The molecule has 0 unspecified atom stereocenters. The van der Waals surface area contributed by atoms with E-state index in [4.69, 9.17) is 0 Å². The van der Waals surface area contributed by atoms with Crippen molar-refractivity contribution in [2.45, 2.75) is 90.6 Å². The zero-order valence-corrected chi connectivity index (χ0v) is 16.7. The molecule has 4 saturated carbocycles. The SMILES string of the molecule is CC[C@@]1(O)CC[C@H]2[C@H](CC[C@@H]3[C@@H]2CC[C@]2(C)[C@@H]([C@H](C)CO)CC[C@@H]32)C1. The normalized spacial score (nSPS) is 53.6. The summed E-state index contributed by atoms with van der Waals surface area (Å²) in [6, 6.07) is 0. The Balaban J connectivity index is 1.51. The Hall–Kier alpha value is -0.0800. The van der Waals surface area contributed by atoms with E-state index in [0.717, 1.165) is 54.8 Å². The lowest BCUT2D eigenvalue weighted by atomic mass is 9.48. The Labute approximate surface area is 154 Å². The predicted molar refractivity (Wildman–Crippen MR) is 102 cm³/mol. The topological polar surface area (TPSA) is 40.5 Å². The second-order valence-corrected chi connectivity index (χ2v) is 10.6. The first-order valence-corrected chi connectivity index (χ1v) is 11.2. The van der Waals surface area contributed by atoms with Gasteiger partial charge < -0.3 is 10.2 Å². The molecule has 0 saturated heterocycles. The Kier molecular flexibility index (Phi) is 4.77. The van der Waals surface area contributed by atoms with Crippen LogP contribution in [0, 0.1) is 46.8 Å². The quantitative estimate of drug-likeness (QED) is 0.751. The number of rotatable bonds is 3. The fraction of sp³-hybridized carbons (Fsp3) is 1.00. The van der Waals surface area contributed by atoms with Crippen molar-refractivity contribution in [1.29, 1.82) is 0 Å². The molecule has 2 nitrogen and oxygen atoms in total. The van der Waals surface area contributed by atoms with Crippen molar-refractivity contribution < 1.29 is 10.2 Å². The molecule has 0 aromatic rings. The van der Waals surface area contributed by atoms with Crippen LogP contribution in [0.4, 0.5) is 0 Å². The standard InChI is InChI=1S/C23H40O2/c1-4-23(25)12-10-17-16(13-23)5-6-19-18(17)9-11-22(3)20(15(2)14-24)7-8-21(19)22/h15-21,24-25H,4-14H2,1-3H3/t15-,16-,17+,18-,19-,20-,21+,22-,23-/m1/s1. The maximum absolute atomic E-state index is 10.8. The van der Waals surface area contributed by atoms with E-state index in [1.807, 2.05) is 0 Å². The molecule has 0 heterocycles. The molecule has 4 fully saturated rings. The summed E-state index contributed by atoms with van der Waals surface area (Å²) in [5.41, 5.74) is 0.126. The van der Waals surface area contributed by atoms with Crippen LogP contribution in [0.25, 0.3) is 0 Å². The second kappa shape index (κ2) is 6.51. The highest BCUT2D eigenvalue weighted by atomic mass is 16.3. The zero-order valence-electron chi connectivity index (χ0n) is 16.7. The van der Waals surface area contributed by atoms with Crippen LogP contribution in [0.1, 0.15) is 85.0 Å². The van der Waals surface area contributed by atoms with Gasteiger partial charge in [0.25, 0.3) is 0 Å². The summed E-state index contributed by atoms with van der Waals surface area (Å²) in [6.07, 6.45) is 12.6. The summed E-state index contributed by atoms with van der Waals surface area (Å²) < 4.78 is 0. The van der Waals surface area contributed by atoms with Crippen LogP contribution in [-0.2, 0) is 0 Å². The molecule has 0 aromatic carbocycles. The van der Waals surface area contributed by atoms with Gasteiger partial charge in [0.1, 0.15) is 0 Å². The number of hydrogen-bond acceptors (Lipinski definition) is 2. The number of aliphatic hydroxyl groups is 2. The summed E-state index contributed by atoms with van der Waals surface area (Å²) in [6.45, 7) is 7.37. The van der Waals surface area contributed by atoms with Crippen LogP contribution < -0.4 is 0 Å². The molecular weight excluding hydrogens is 308 g/mol. The summed E-state index contributed by atoms with van der Waals surface area (Å²) in [5.74, 6) is 5.65. The first-order valence-electron chi connectivity index (χ1n) is 11.2. The Morgan fingerprint density at radius 3 is 2.44 bits per heavy atom. The Morgan fingerprint density at radius 2 is 1.72 bits per heavy atom. The Bertz CT molecular complexity index is 490. The molecule has 0 spiro atoms. The molecule has 0 bridgehead atoms. The third-order valence-corrected chi connectivity index (χ3v) is 9.81. The maximum atomic E-state index is 10.8. The average molecular weight is 349 g/mol. The van der Waals surface area contributed by atoms with Crippen LogP contribution in [0.15, 0.2) is 0 Å². The van der Waals surface area contributed by atoms with E-state index in [1.54, 1.807) is 0 Å². The van der Waals surface area contributed by atoms with Crippen LogP contribution in [-0.4, -0.2) is 22.4 Å². The molecule has 2 N–H and O–H groups in total. The molecule has 0 radical (unpaired) electrons. The van der Waals surface area contributed by atoms with Crippen molar-refractivity contribution in [2.24, 2.45) is 46.8 Å². The fourth-order valence-corrected chi connectivity index (χ4v) is 8.39. The van der Waals surface area contributed by atoms with Crippen LogP contribution in [0.2, 0.25) is 0 Å². The van der Waals surface area contributed by atoms with E-state index in [1.165, 1.54) is 44.9 Å². The van der Waals surface area contributed by atoms with Gasteiger partial charge in [0.15, 0.2) is 0 Å². The van der Waals surface area contributed by atoms with Gasteiger partial charge in [-0.2, -0.15) is 0 Å². The maximum Gasteiger partial charge on any atom is 0.0648 e. The third-order valence-electron chi connectivity index (χ3n) is 9.81. The largest absolute Gasteiger partial charge is 0.396 e. The van der Waals surface area contributed by atoms with E-state index in [-0.39, 0.29) is 5.60 Å². The van der Waals surface area contributed by atoms with Crippen LogP contribution in [0.5, 0.6) is 0 Å². The summed E-state index contributed by atoms with van der Waals surface area (Å²) in [7, 11) is 0. The van der Waals surface area contributed by atoms with Crippen molar-refractivity contribution in [3.05, 3.63) is 0 Å². The van der Waals surface area contributed by atoms with Gasteiger partial charge in [-0.05, 0) is 111 Å². The van der Waals surface area contributed by atoms with Crippen molar-refractivity contribution in [2.75, 3.05) is 6.61 Å². The van der Waals surface area contributed by atoms with Crippen molar-refractivity contribution in [3.63, 3.8) is 0 Å². The molecule has 4 aliphatic carbocycles. The molecule has 0 amide bonds. The van der Waals surface area contributed by atoms with Gasteiger partial charge in [-0.15, -0.1) is 0 Å². The lowest BCUT2D eigenvalue weighted by Crippen LogP contribution is -2.51. The van der Waals surface area contributed by atoms with Gasteiger partial charge in [0, 0.05) is 6.61 Å². The smallest absolute Gasteiger partial charge is 0.0648 e. The van der Waals surface area contributed by atoms with Crippen molar-refractivity contribution in [1.82, 2.24) is 0 Å². The minimum atomic E-state index is -0.355. The van der Waals surface area contributed by atoms with E-state index in [0.29, 0.717) is 17.9 Å². The van der Waals surface area contributed by atoms with E-state index >= 15 is 0 Å². The molecule has 4 aliphatic rings. The third kappa shape index (κ3) is 2.81. The van der Waals surface area contributed by atoms with Crippen LogP contribution in [0.3, 0.4) is 0 Å². The highest BCUT2D eigenvalue weighted by Gasteiger charge is 2.58. The molecule has 144 valence electrons. The molecule has 2 heteroatoms. The van der Waals surface area contributed by atoms with Gasteiger partial charge in [0.2, 0.25) is 0 Å². The Morgan fingerprint density at radius 1 is 0.960 bits per heavy atom. The lowest BCUT2D eigenvalue weighted by molar-refractivity contribution is -0.110. The fourth-order valence-electron chi connectivity index (χ4n) is 8.39. The van der Waals surface area contributed by atoms with E-state index in [9.17, 15) is 10.2 Å². The number of aliphatic hydroxyl groups excluding tert-OH is 1. The first-order chi connectivity index (χ1) is 11.9. The van der Waals surface area contributed by atoms with Crippen LogP contribution >= 0.6 is 0 Å². The van der Waals surface area contributed by atoms with Gasteiger partial charge in [0.05, 0.1) is 5.60 Å². The molecule has 0 aromatic heterocycles. The number of hydrogen-bond donors (Lipinski definition) is 2. The van der Waals surface area contributed by atoms with Gasteiger partial charge in [-0.3, -0.25) is 0 Å². The summed E-state index contributed by atoms with van der Waals surface area (Å²) >= 11 is 0. The summed E-state index contributed by atoms with van der Waals surface area (Å²) in [5, 5.41) is 20.5. The van der Waals surface area contributed by atoms with Gasteiger partial charge in [-0.1, -0.05) is 20.8 Å². The zero-order chi connectivity index (χ0) is 17.8. The minimum Gasteiger partial charge on any atom is -0.396 e. The highest BCUT2D eigenvalue weighted by Crippen LogP contribution is 2.65.